The van der Waals surface area contributed by atoms with Crippen LogP contribution in [0.4, 0.5) is 10.9 Å². The Balaban J connectivity index is 1.24. The molecule has 156 valence electrons. The molecule has 1 aliphatic carbocycles. The zero-order valence-corrected chi connectivity index (χ0v) is 17.9. The lowest BCUT2D eigenvalue weighted by molar-refractivity contribution is -0.120. The first-order valence-electron chi connectivity index (χ1n) is 10.6. The van der Waals surface area contributed by atoms with Crippen LogP contribution in [0.3, 0.4) is 0 Å². The molecule has 0 saturated carbocycles. The molecular formula is C21H25N7OS. The second kappa shape index (κ2) is 8.14. The number of hydrogen-bond acceptors (Lipinski definition) is 7. The highest BCUT2D eigenvalue weighted by Crippen LogP contribution is 2.30. The maximum atomic E-state index is 12.9. The van der Waals surface area contributed by atoms with E-state index in [9.17, 15) is 4.79 Å². The molecule has 1 saturated heterocycles. The SMILES string of the molecule is Cc1nccn1-c1ccc(N2CCCC(C(=O)Nc3nc4c(s3)CCCC4)C2)nn1. The summed E-state index contributed by atoms with van der Waals surface area (Å²) in [7, 11) is 0. The zero-order chi connectivity index (χ0) is 20.5. The van der Waals surface area contributed by atoms with E-state index in [-0.39, 0.29) is 11.8 Å². The molecule has 30 heavy (non-hydrogen) atoms. The van der Waals surface area contributed by atoms with Gasteiger partial charge >= 0.3 is 0 Å². The van der Waals surface area contributed by atoms with E-state index in [0.29, 0.717) is 6.54 Å². The fourth-order valence-corrected chi connectivity index (χ4v) is 5.30. The zero-order valence-electron chi connectivity index (χ0n) is 17.0. The molecule has 1 N–H and O–H groups in total. The van der Waals surface area contributed by atoms with Gasteiger partial charge in [-0.1, -0.05) is 0 Å². The third-order valence-corrected chi connectivity index (χ3v) is 6.97. The number of amides is 1. The van der Waals surface area contributed by atoms with Crippen molar-refractivity contribution >= 4 is 28.2 Å². The van der Waals surface area contributed by atoms with Crippen LogP contribution in [0, 0.1) is 12.8 Å². The summed E-state index contributed by atoms with van der Waals surface area (Å²) in [6.07, 6.45) is 10.00. The standard InChI is InChI=1S/C21H25N7OS/c1-14-22-10-12-28(14)19-9-8-18(25-26-19)27-11-4-5-15(13-27)20(29)24-21-23-16-6-2-3-7-17(16)30-21/h8-10,12,15H,2-7,11,13H2,1H3,(H,23,24,29). The maximum Gasteiger partial charge on any atom is 0.231 e. The van der Waals surface area contributed by atoms with Crippen LogP contribution in [-0.2, 0) is 17.6 Å². The van der Waals surface area contributed by atoms with Gasteiger partial charge in [0.15, 0.2) is 16.8 Å². The number of nitrogens with one attached hydrogen (secondary N) is 1. The van der Waals surface area contributed by atoms with Crippen LogP contribution in [0.25, 0.3) is 5.82 Å². The van der Waals surface area contributed by atoms with Gasteiger partial charge in [-0.2, -0.15) is 0 Å². The molecule has 3 aromatic rings. The average molecular weight is 424 g/mol. The van der Waals surface area contributed by atoms with E-state index in [1.807, 2.05) is 29.8 Å². The minimum absolute atomic E-state index is 0.0596. The molecule has 1 atom stereocenters. The number of imidazole rings is 1. The highest BCUT2D eigenvalue weighted by molar-refractivity contribution is 7.15. The summed E-state index contributed by atoms with van der Waals surface area (Å²) in [6, 6.07) is 3.91. The highest BCUT2D eigenvalue weighted by atomic mass is 32.1. The second-order valence-electron chi connectivity index (χ2n) is 7.96. The van der Waals surface area contributed by atoms with Gasteiger partial charge in [0.25, 0.3) is 0 Å². The number of piperidine rings is 1. The monoisotopic (exact) mass is 423 g/mol. The van der Waals surface area contributed by atoms with Gasteiger partial charge in [-0.3, -0.25) is 9.36 Å². The molecule has 0 bridgehead atoms. The number of rotatable bonds is 4. The lowest BCUT2D eigenvalue weighted by atomic mass is 9.97. The Morgan fingerprint density at radius 2 is 2.00 bits per heavy atom. The molecular weight excluding hydrogens is 398 g/mol. The van der Waals surface area contributed by atoms with Crippen LogP contribution in [0.15, 0.2) is 24.5 Å². The number of thiazole rings is 1. The van der Waals surface area contributed by atoms with E-state index in [1.54, 1.807) is 17.5 Å². The summed E-state index contributed by atoms with van der Waals surface area (Å²) < 4.78 is 1.90. The number of aryl methyl sites for hydroxylation is 3. The molecule has 1 unspecified atom stereocenters. The summed E-state index contributed by atoms with van der Waals surface area (Å²) in [5.74, 6) is 2.41. The average Bonchev–Trinajstić information content (AvgIpc) is 3.39. The number of nitrogens with zero attached hydrogens (tertiary/aromatic N) is 6. The molecule has 5 rings (SSSR count). The van der Waals surface area contributed by atoms with Gasteiger partial charge in [0.1, 0.15) is 5.82 Å². The van der Waals surface area contributed by atoms with Gasteiger partial charge in [0.05, 0.1) is 11.6 Å². The van der Waals surface area contributed by atoms with Crippen LogP contribution in [-0.4, -0.2) is 43.7 Å². The summed E-state index contributed by atoms with van der Waals surface area (Å²) in [5, 5.41) is 12.6. The third kappa shape index (κ3) is 3.81. The second-order valence-corrected chi connectivity index (χ2v) is 9.05. The van der Waals surface area contributed by atoms with Crippen LogP contribution < -0.4 is 10.2 Å². The first-order chi connectivity index (χ1) is 14.7. The number of carbonyl (C=O) groups excluding carboxylic acids is 1. The molecule has 1 fully saturated rings. The van der Waals surface area contributed by atoms with E-state index >= 15 is 0 Å². The molecule has 1 aliphatic heterocycles. The smallest absolute Gasteiger partial charge is 0.231 e. The molecule has 8 nitrogen and oxygen atoms in total. The molecule has 0 aromatic carbocycles. The van der Waals surface area contributed by atoms with E-state index in [2.05, 4.69) is 30.4 Å². The quantitative estimate of drug-likeness (QED) is 0.693. The van der Waals surface area contributed by atoms with Gasteiger partial charge in [0.2, 0.25) is 5.91 Å². The lowest BCUT2D eigenvalue weighted by Gasteiger charge is -2.32. The van der Waals surface area contributed by atoms with Crippen molar-refractivity contribution in [3.05, 3.63) is 40.9 Å². The molecule has 2 aliphatic rings. The Morgan fingerprint density at radius 1 is 1.17 bits per heavy atom. The van der Waals surface area contributed by atoms with Crippen LogP contribution in [0.5, 0.6) is 0 Å². The number of carbonyl (C=O) groups is 1. The fourth-order valence-electron chi connectivity index (χ4n) is 4.25. The Hall–Kier alpha value is -2.81. The fraction of sp³-hybridized carbons (Fsp3) is 0.476. The summed E-state index contributed by atoms with van der Waals surface area (Å²) in [5.41, 5.74) is 1.18. The van der Waals surface area contributed by atoms with Crippen molar-refractivity contribution in [3.8, 4) is 5.82 Å². The van der Waals surface area contributed by atoms with Crippen molar-refractivity contribution in [3.63, 3.8) is 0 Å². The van der Waals surface area contributed by atoms with E-state index in [0.717, 1.165) is 54.8 Å². The van der Waals surface area contributed by atoms with E-state index < -0.39 is 0 Å². The first kappa shape index (κ1) is 19.2. The number of fused-ring (bicyclic) bond motifs is 1. The van der Waals surface area contributed by atoms with Crippen LogP contribution in [0.2, 0.25) is 0 Å². The van der Waals surface area contributed by atoms with Crippen molar-refractivity contribution < 1.29 is 4.79 Å². The Bertz CT molecular complexity index is 1020. The van der Waals surface area contributed by atoms with Crippen molar-refractivity contribution in [2.24, 2.45) is 5.92 Å². The maximum absolute atomic E-state index is 12.9. The van der Waals surface area contributed by atoms with E-state index in [1.165, 1.54) is 23.4 Å². The van der Waals surface area contributed by atoms with Crippen molar-refractivity contribution in [1.82, 2.24) is 24.7 Å². The highest BCUT2D eigenvalue weighted by Gasteiger charge is 2.28. The molecule has 0 spiro atoms. The van der Waals surface area contributed by atoms with Gasteiger partial charge in [-0.05, 0) is 57.6 Å². The Labute approximate surface area is 179 Å². The van der Waals surface area contributed by atoms with Crippen LogP contribution >= 0.6 is 11.3 Å². The molecule has 4 heterocycles. The minimum Gasteiger partial charge on any atom is -0.354 e. The number of hydrogen-bond donors (Lipinski definition) is 1. The van der Waals surface area contributed by atoms with Crippen LogP contribution in [0.1, 0.15) is 42.1 Å². The lowest BCUT2D eigenvalue weighted by Crippen LogP contribution is -2.41. The summed E-state index contributed by atoms with van der Waals surface area (Å²) in [6.45, 7) is 3.46. The predicted molar refractivity (Wildman–Crippen MR) is 116 cm³/mol. The third-order valence-electron chi connectivity index (χ3n) is 5.90. The van der Waals surface area contributed by atoms with Gasteiger partial charge in [-0.25, -0.2) is 9.97 Å². The largest absolute Gasteiger partial charge is 0.354 e. The molecule has 1 amide bonds. The summed E-state index contributed by atoms with van der Waals surface area (Å²) in [4.78, 5) is 25.2. The van der Waals surface area contributed by atoms with Crippen molar-refractivity contribution in [2.45, 2.75) is 45.4 Å². The van der Waals surface area contributed by atoms with E-state index in [4.69, 9.17) is 0 Å². The molecule has 3 aromatic heterocycles. The Kier molecular flexibility index (Phi) is 5.20. The summed E-state index contributed by atoms with van der Waals surface area (Å²) >= 11 is 1.64. The normalized spacial score (nSPS) is 18.8. The molecule has 9 heteroatoms. The number of anilines is 2. The predicted octanol–water partition coefficient (Wildman–Crippen LogP) is 3.16. The van der Waals surface area contributed by atoms with Crippen molar-refractivity contribution in [1.29, 1.82) is 0 Å². The first-order valence-corrected chi connectivity index (χ1v) is 11.4. The number of aromatic nitrogens is 5. The molecule has 0 radical (unpaired) electrons. The minimum atomic E-state index is -0.0722. The van der Waals surface area contributed by atoms with Gasteiger partial charge < -0.3 is 10.2 Å². The van der Waals surface area contributed by atoms with Gasteiger partial charge in [-0.15, -0.1) is 21.5 Å². The van der Waals surface area contributed by atoms with Gasteiger partial charge in [0, 0.05) is 30.4 Å². The van der Waals surface area contributed by atoms with Crippen molar-refractivity contribution in [2.75, 3.05) is 23.3 Å². The topological polar surface area (TPSA) is 88.8 Å². The Morgan fingerprint density at radius 3 is 2.77 bits per heavy atom.